The maximum Gasteiger partial charge on any atom is 0.0873 e. The minimum atomic E-state index is -0.0221. The number of ether oxygens (including phenoxy) is 1. The van der Waals surface area contributed by atoms with E-state index in [1.165, 1.54) is 12.0 Å². The van der Waals surface area contributed by atoms with Crippen LogP contribution in [0.25, 0.3) is 0 Å². The summed E-state index contributed by atoms with van der Waals surface area (Å²) in [4.78, 5) is 4.36. The molecule has 1 atom stereocenters. The predicted octanol–water partition coefficient (Wildman–Crippen LogP) is 2.22. The Morgan fingerprint density at radius 1 is 1.44 bits per heavy atom. The molecule has 2 rings (SSSR count). The molecule has 0 spiro atoms. The van der Waals surface area contributed by atoms with Crippen LogP contribution in [-0.4, -0.2) is 24.7 Å². The number of aromatic nitrogens is 1. The number of hydrogen-bond donors (Lipinski definition) is 1. The minimum Gasteiger partial charge on any atom is -0.376 e. The van der Waals surface area contributed by atoms with Crippen LogP contribution < -0.4 is 5.32 Å². The van der Waals surface area contributed by atoms with Gasteiger partial charge in [-0.2, -0.15) is 0 Å². The lowest BCUT2D eigenvalue weighted by Gasteiger charge is -2.46. The van der Waals surface area contributed by atoms with Crippen LogP contribution in [0.2, 0.25) is 0 Å². The number of likely N-dealkylation sites (N-methyl/N-ethyl adjacent to an activating group) is 1. The third-order valence-electron chi connectivity index (χ3n) is 3.69. The molecule has 0 aliphatic heterocycles. The number of nitrogens with one attached hydrogen (secondary N) is 1. The van der Waals surface area contributed by atoms with Crippen molar-refractivity contribution in [2.45, 2.75) is 37.8 Å². The first-order valence-corrected chi connectivity index (χ1v) is 5.87. The molecule has 1 aromatic heterocycles. The Bertz CT molecular complexity index is 338. The molecular formula is C13H20N2O. The summed E-state index contributed by atoms with van der Waals surface area (Å²) in [5, 5.41) is 3.37. The monoisotopic (exact) mass is 220 g/mol. The molecule has 1 aliphatic carbocycles. The lowest BCUT2D eigenvalue weighted by Crippen LogP contribution is -2.49. The molecule has 1 saturated carbocycles. The van der Waals surface area contributed by atoms with Crippen LogP contribution in [0.5, 0.6) is 0 Å². The molecule has 1 unspecified atom stereocenters. The third kappa shape index (κ3) is 1.85. The SMILES string of the molecule is CNC(c1ccc(C)nc1)C1(OC)CCC1. The Hall–Kier alpha value is -0.930. The van der Waals surface area contributed by atoms with Crippen LogP contribution in [0.4, 0.5) is 0 Å². The van der Waals surface area contributed by atoms with Gasteiger partial charge in [0.15, 0.2) is 0 Å². The van der Waals surface area contributed by atoms with Crippen LogP contribution in [0, 0.1) is 6.92 Å². The Labute approximate surface area is 97.2 Å². The molecule has 1 N–H and O–H groups in total. The van der Waals surface area contributed by atoms with Gasteiger partial charge in [0.25, 0.3) is 0 Å². The standard InChI is InChI=1S/C13H20N2O/c1-10-5-6-11(9-15-10)12(14-2)13(16-3)7-4-8-13/h5-6,9,12,14H,4,7-8H2,1-3H3. The summed E-state index contributed by atoms with van der Waals surface area (Å²) in [7, 11) is 3.80. The van der Waals surface area contributed by atoms with Gasteiger partial charge in [-0.1, -0.05) is 6.07 Å². The van der Waals surface area contributed by atoms with E-state index in [1.807, 2.05) is 27.3 Å². The zero-order valence-corrected chi connectivity index (χ0v) is 10.3. The largest absolute Gasteiger partial charge is 0.376 e. The van der Waals surface area contributed by atoms with Gasteiger partial charge in [0.1, 0.15) is 0 Å². The van der Waals surface area contributed by atoms with Crippen LogP contribution >= 0.6 is 0 Å². The van der Waals surface area contributed by atoms with Crippen molar-refractivity contribution < 1.29 is 4.74 Å². The Morgan fingerprint density at radius 2 is 2.19 bits per heavy atom. The average molecular weight is 220 g/mol. The van der Waals surface area contributed by atoms with Crippen molar-refractivity contribution in [3.05, 3.63) is 29.6 Å². The highest BCUT2D eigenvalue weighted by Gasteiger charge is 2.44. The Kier molecular flexibility index (Phi) is 3.26. The fourth-order valence-electron chi connectivity index (χ4n) is 2.52. The van der Waals surface area contributed by atoms with E-state index < -0.39 is 0 Å². The van der Waals surface area contributed by atoms with E-state index in [9.17, 15) is 0 Å². The highest BCUT2D eigenvalue weighted by Crippen LogP contribution is 2.44. The summed E-state index contributed by atoms with van der Waals surface area (Å²) < 4.78 is 5.72. The molecule has 3 nitrogen and oxygen atoms in total. The smallest absolute Gasteiger partial charge is 0.0873 e. The number of hydrogen-bond acceptors (Lipinski definition) is 3. The maximum atomic E-state index is 5.72. The third-order valence-corrected chi connectivity index (χ3v) is 3.69. The molecule has 0 amide bonds. The van der Waals surface area contributed by atoms with Crippen molar-refractivity contribution in [2.24, 2.45) is 0 Å². The summed E-state index contributed by atoms with van der Waals surface area (Å²) in [6, 6.07) is 4.45. The van der Waals surface area contributed by atoms with Gasteiger partial charge in [0, 0.05) is 19.0 Å². The second kappa shape index (κ2) is 4.52. The molecule has 3 heteroatoms. The number of methoxy groups -OCH3 is 1. The van der Waals surface area contributed by atoms with Crippen molar-refractivity contribution in [1.82, 2.24) is 10.3 Å². The lowest BCUT2D eigenvalue weighted by molar-refractivity contribution is -0.0983. The maximum absolute atomic E-state index is 5.72. The first kappa shape index (κ1) is 11.6. The highest BCUT2D eigenvalue weighted by molar-refractivity contribution is 5.22. The van der Waals surface area contributed by atoms with E-state index >= 15 is 0 Å². The summed E-state index contributed by atoms with van der Waals surface area (Å²) in [5.74, 6) is 0. The molecule has 1 aliphatic rings. The first-order valence-electron chi connectivity index (χ1n) is 5.87. The van der Waals surface area contributed by atoms with Crippen LogP contribution in [0.3, 0.4) is 0 Å². The van der Waals surface area contributed by atoms with E-state index in [1.54, 1.807) is 0 Å². The van der Waals surface area contributed by atoms with Gasteiger partial charge in [0.2, 0.25) is 0 Å². The van der Waals surface area contributed by atoms with Gasteiger partial charge in [-0.05, 0) is 44.9 Å². The molecule has 16 heavy (non-hydrogen) atoms. The second-order valence-electron chi connectivity index (χ2n) is 4.58. The quantitative estimate of drug-likeness (QED) is 0.845. The predicted molar refractivity (Wildman–Crippen MR) is 64.4 cm³/mol. The van der Waals surface area contributed by atoms with Gasteiger partial charge in [-0.15, -0.1) is 0 Å². The van der Waals surface area contributed by atoms with Crippen molar-refractivity contribution in [1.29, 1.82) is 0 Å². The van der Waals surface area contributed by atoms with E-state index in [0.717, 1.165) is 18.5 Å². The van der Waals surface area contributed by atoms with Crippen molar-refractivity contribution in [3.8, 4) is 0 Å². The molecule has 1 aromatic rings. The van der Waals surface area contributed by atoms with Gasteiger partial charge in [0.05, 0.1) is 11.6 Å². The summed E-state index contributed by atoms with van der Waals surface area (Å²) in [6.45, 7) is 2.01. The number of aryl methyl sites for hydroxylation is 1. The molecule has 0 aromatic carbocycles. The number of rotatable bonds is 4. The van der Waals surface area contributed by atoms with E-state index in [-0.39, 0.29) is 11.6 Å². The molecule has 88 valence electrons. The van der Waals surface area contributed by atoms with E-state index in [0.29, 0.717) is 0 Å². The minimum absolute atomic E-state index is 0.0221. The zero-order chi connectivity index (χ0) is 11.6. The van der Waals surface area contributed by atoms with Crippen LogP contribution in [0.1, 0.15) is 36.6 Å². The molecule has 0 saturated heterocycles. The van der Waals surface area contributed by atoms with Crippen molar-refractivity contribution >= 4 is 0 Å². The van der Waals surface area contributed by atoms with Gasteiger partial charge in [-0.3, -0.25) is 4.98 Å². The molecule has 0 bridgehead atoms. The first-order chi connectivity index (χ1) is 7.72. The zero-order valence-electron chi connectivity index (χ0n) is 10.3. The van der Waals surface area contributed by atoms with Gasteiger partial charge < -0.3 is 10.1 Å². The van der Waals surface area contributed by atoms with Crippen molar-refractivity contribution in [2.75, 3.05) is 14.2 Å². The van der Waals surface area contributed by atoms with Crippen LogP contribution in [-0.2, 0) is 4.74 Å². The topological polar surface area (TPSA) is 34.2 Å². The number of nitrogens with zero attached hydrogens (tertiary/aromatic N) is 1. The van der Waals surface area contributed by atoms with Crippen LogP contribution in [0.15, 0.2) is 18.3 Å². The Balaban J connectivity index is 2.25. The van der Waals surface area contributed by atoms with E-state index in [4.69, 9.17) is 4.74 Å². The van der Waals surface area contributed by atoms with Gasteiger partial charge in [-0.25, -0.2) is 0 Å². The molecule has 1 fully saturated rings. The fourth-order valence-corrected chi connectivity index (χ4v) is 2.52. The highest BCUT2D eigenvalue weighted by atomic mass is 16.5. The fraction of sp³-hybridized carbons (Fsp3) is 0.615. The molecular weight excluding hydrogens is 200 g/mol. The lowest BCUT2D eigenvalue weighted by atomic mass is 9.72. The summed E-state index contributed by atoms with van der Waals surface area (Å²) in [6.07, 6.45) is 5.46. The average Bonchev–Trinajstić information content (AvgIpc) is 2.25. The normalized spacial score (nSPS) is 20.2. The molecule has 1 heterocycles. The van der Waals surface area contributed by atoms with Gasteiger partial charge >= 0.3 is 0 Å². The summed E-state index contributed by atoms with van der Waals surface area (Å²) >= 11 is 0. The number of pyridine rings is 1. The Morgan fingerprint density at radius 3 is 2.56 bits per heavy atom. The second-order valence-corrected chi connectivity index (χ2v) is 4.58. The summed E-state index contributed by atoms with van der Waals surface area (Å²) in [5.41, 5.74) is 2.25. The molecule has 0 radical (unpaired) electrons. The van der Waals surface area contributed by atoms with Crippen molar-refractivity contribution in [3.63, 3.8) is 0 Å². The van der Waals surface area contributed by atoms with E-state index in [2.05, 4.69) is 22.4 Å².